The summed E-state index contributed by atoms with van der Waals surface area (Å²) in [4.78, 5) is 11.3. The number of rotatable bonds is 0. The molecule has 4 atom stereocenters. The van der Waals surface area contributed by atoms with Gasteiger partial charge < -0.3 is 9.47 Å². The van der Waals surface area contributed by atoms with Crippen LogP contribution in [0, 0.1) is 11.8 Å². The minimum Gasteiger partial charge on any atom is -0.462 e. The van der Waals surface area contributed by atoms with Crippen molar-refractivity contribution < 1.29 is 14.3 Å². The highest BCUT2D eigenvalue weighted by Crippen LogP contribution is 2.50. The predicted molar refractivity (Wildman–Crippen MR) is 40.4 cm³/mol. The Morgan fingerprint density at radius 3 is 3.25 bits per heavy atom. The molecular formula is C9H10O3. The van der Waals surface area contributed by atoms with Crippen molar-refractivity contribution in [1.82, 2.24) is 0 Å². The Hall–Kier alpha value is -0.830. The maximum absolute atomic E-state index is 11.3. The van der Waals surface area contributed by atoms with Crippen molar-refractivity contribution in [3.05, 3.63) is 12.2 Å². The van der Waals surface area contributed by atoms with Gasteiger partial charge in [-0.05, 0) is 6.08 Å². The standard InChI is InChI=1S/C9H10O3/c1-5-6-2-3-9(12-6)4-11-8(10)7(5)9/h2-3,5-7H,4H2,1H3. The summed E-state index contributed by atoms with van der Waals surface area (Å²) in [5, 5.41) is 0. The van der Waals surface area contributed by atoms with Crippen LogP contribution in [-0.4, -0.2) is 24.3 Å². The van der Waals surface area contributed by atoms with E-state index in [4.69, 9.17) is 9.47 Å². The molecule has 0 aliphatic carbocycles. The summed E-state index contributed by atoms with van der Waals surface area (Å²) in [6.45, 7) is 2.46. The number of ether oxygens (including phenoxy) is 2. The van der Waals surface area contributed by atoms with E-state index in [9.17, 15) is 4.79 Å². The van der Waals surface area contributed by atoms with Gasteiger partial charge in [0.15, 0.2) is 0 Å². The third-order valence-electron chi connectivity index (χ3n) is 3.19. The van der Waals surface area contributed by atoms with E-state index in [0.717, 1.165) is 0 Å². The predicted octanol–water partition coefficient (Wildman–Crippen LogP) is 0.503. The van der Waals surface area contributed by atoms with Crippen LogP contribution in [0.1, 0.15) is 6.92 Å². The molecule has 1 spiro atoms. The fourth-order valence-electron chi connectivity index (χ4n) is 2.54. The van der Waals surface area contributed by atoms with Gasteiger partial charge in [0.2, 0.25) is 0 Å². The van der Waals surface area contributed by atoms with E-state index in [0.29, 0.717) is 6.61 Å². The van der Waals surface area contributed by atoms with Crippen molar-refractivity contribution in [3.63, 3.8) is 0 Å². The Morgan fingerprint density at radius 1 is 1.67 bits per heavy atom. The highest BCUT2D eigenvalue weighted by atomic mass is 16.6. The number of fused-ring (bicyclic) bond motifs is 1. The van der Waals surface area contributed by atoms with Crippen molar-refractivity contribution in [1.29, 1.82) is 0 Å². The first-order valence-corrected chi connectivity index (χ1v) is 4.27. The fraction of sp³-hybridized carbons (Fsp3) is 0.667. The van der Waals surface area contributed by atoms with Gasteiger partial charge >= 0.3 is 5.97 Å². The van der Waals surface area contributed by atoms with E-state index < -0.39 is 0 Å². The molecule has 0 saturated carbocycles. The summed E-state index contributed by atoms with van der Waals surface area (Å²) >= 11 is 0. The zero-order valence-corrected chi connectivity index (χ0v) is 6.82. The number of cyclic esters (lactones) is 1. The molecule has 3 heterocycles. The molecule has 0 N–H and O–H groups in total. The first-order chi connectivity index (χ1) is 5.73. The summed E-state index contributed by atoms with van der Waals surface area (Å²) in [5.74, 6) is 0.145. The molecule has 3 aliphatic heterocycles. The molecule has 12 heavy (non-hydrogen) atoms. The second kappa shape index (κ2) is 1.74. The first-order valence-electron chi connectivity index (χ1n) is 4.27. The van der Waals surface area contributed by atoms with Gasteiger partial charge in [-0.1, -0.05) is 13.0 Å². The second-order valence-corrected chi connectivity index (χ2v) is 3.84. The number of hydrogen-bond acceptors (Lipinski definition) is 3. The summed E-state index contributed by atoms with van der Waals surface area (Å²) in [6, 6.07) is 0. The molecule has 3 rings (SSSR count). The Bertz CT molecular complexity index is 283. The van der Waals surface area contributed by atoms with Crippen LogP contribution >= 0.6 is 0 Å². The summed E-state index contributed by atoms with van der Waals surface area (Å²) in [5.41, 5.74) is -0.388. The quantitative estimate of drug-likeness (QED) is 0.388. The highest BCUT2D eigenvalue weighted by Gasteiger charge is 2.62. The number of esters is 1. The van der Waals surface area contributed by atoms with Gasteiger partial charge in [0.25, 0.3) is 0 Å². The fourth-order valence-corrected chi connectivity index (χ4v) is 2.54. The lowest BCUT2D eigenvalue weighted by molar-refractivity contribution is -0.142. The zero-order chi connectivity index (χ0) is 8.34. The Balaban J connectivity index is 2.11. The summed E-state index contributed by atoms with van der Waals surface area (Å²) in [6.07, 6.45) is 4.18. The lowest BCUT2D eigenvalue weighted by Crippen LogP contribution is -2.34. The van der Waals surface area contributed by atoms with Crippen molar-refractivity contribution >= 4 is 5.97 Å². The lowest BCUT2D eigenvalue weighted by Gasteiger charge is -2.19. The van der Waals surface area contributed by atoms with Gasteiger partial charge in [0, 0.05) is 5.92 Å². The summed E-state index contributed by atoms with van der Waals surface area (Å²) in [7, 11) is 0. The van der Waals surface area contributed by atoms with E-state index in [2.05, 4.69) is 0 Å². The third-order valence-corrected chi connectivity index (χ3v) is 3.19. The van der Waals surface area contributed by atoms with Gasteiger partial charge in [-0.25, -0.2) is 0 Å². The smallest absolute Gasteiger partial charge is 0.312 e. The van der Waals surface area contributed by atoms with Gasteiger partial charge in [-0.2, -0.15) is 0 Å². The largest absolute Gasteiger partial charge is 0.462 e. The van der Waals surface area contributed by atoms with Gasteiger partial charge in [0.05, 0.1) is 12.0 Å². The van der Waals surface area contributed by atoms with E-state index in [1.165, 1.54) is 0 Å². The first kappa shape index (κ1) is 6.66. The molecule has 0 aromatic carbocycles. The van der Waals surface area contributed by atoms with Crippen LogP contribution in [0.15, 0.2) is 12.2 Å². The maximum Gasteiger partial charge on any atom is 0.312 e. The van der Waals surface area contributed by atoms with E-state index in [1.54, 1.807) is 0 Å². The van der Waals surface area contributed by atoms with Crippen LogP contribution < -0.4 is 0 Å². The van der Waals surface area contributed by atoms with E-state index >= 15 is 0 Å². The maximum atomic E-state index is 11.3. The minimum atomic E-state index is -0.388. The zero-order valence-electron chi connectivity index (χ0n) is 6.82. The molecule has 0 amide bonds. The molecule has 64 valence electrons. The average molecular weight is 166 g/mol. The van der Waals surface area contributed by atoms with Crippen LogP contribution in [0.3, 0.4) is 0 Å². The Morgan fingerprint density at radius 2 is 2.50 bits per heavy atom. The number of carbonyl (C=O) groups excluding carboxylic acids is 1. The van der Waals surface area contributed by atoms with Gasteiger partial charge in [0.1, 0.15) is 12.2 Å². The molecule has 3 nitrogen and oxygen atoms in total. The highest BCUT2D eigenvalue weighted by molar-refractivity contribution is 5.78. The SMILES string of the molecule is CC1C2C=CC3(COC(=O)C13)O2. The molecular weight excluding hydrogens is 156 g/mol. The molecule has 2 fully saturated rings. The second-order valence-electron chi connectivity index (χ2n) is 3.84. The van der Waals surface area contributed by atoms with Crippen molar-refractivity contribution in [2.24, 2.45) is 11.8 Å². The van der Waals surface area contributed by atoms with E-state index in [-0.39, 0.29) is 29.5 Å². The Labute approximate surface area is 70.3 Å². The lowest BCUT2D eigenvalue weighted by atomic mass is 9.78. The van der Waals surface area contributed by atoms with Crippen molar-refractivity contribution in [2.45, 2.75) is 18.6 Å². The number of hydrogen-bond donors (Lipinski definition) is 0. The van der Waals surface area contributed by atoms with Gasteiger partial charge in [-0.15, -0.1) is 0 Å². The molecule has 3 heteroatoms. The molecule has 0 aromatic heterocycles. The molecule has 2 saturated heterocycles. The van der Waals surface area contributed by atoms with E-state index in [1.807, 2.05) is 19.1 Å². The Kier molecular flexibility index (Phi) is 0.966. The normalized spacial score (nSPS) is 54.4. The molecule has 2 bridgehead atoms. The number of carbonyl (C=O) groups is 1. The summed E-state index contributed by atoms with van der Waals surface area (Å²) < 4.78 is 10.7. The molecule has 3 aliphatic rings. The van der Waals surface area contributed by atoms with Crippen LogP contribution in [0.5, 0.6) is 0 Å². The minimum absolute atomic E-state index is 0.0486. The molecule has 4 unspecified atom stereocenters. The van der Waals surface area contributed by atoms with Crippen molar-refractivity contribution in [2.75, 3.05) is 6.61 Å². The van der Waals surface area contributed by atoms with Crippen LogP contribution in [0.4, 0.5) is 0 Å². The monoisotopic (exact) mass is 166 g/mol. The molecule has 0 aromatic rings. The average Bonchev–Trinajstić information content (AvgIpc) is 2.65. The molecule has 0 radical (unpaired) electrons. The van der Waals surface area contributed by atoms with Gasteiger partial charge in [-0.3, -0.25) is 4.79 Å². The van der Waals surface area contributed by atoms with Crippen molar-refractivity contribution in [3.8, 4) is 0 Å². The van der Waals surface area contributed by atoms with Crippen LogP contribution in [0.25, 0.3) is 0 Å². The topological polar surface area (TPSA) is 35.5 Å². The van der Waals surface area contributed by atoms with Crippen LogP contribution in [-0.2, 0) is 14.3 Å². The third kappa shape index (κ3) is 0.524. The van der Waals surface area contributed by atoms with Crippen LogP contribution in [0.2, 0.25) is 0 Å².